The first-order valence-electron chi connectivity index (χ1n) is 9.95. The lowest BCUT2D eigenvalue weighted by Gasteiger charge is -2.33. The zero-order valence-corrected chi connectivity index (χ0v) is 17.7. The van der Waals surface area contributed by atoms with Crippen molar-refractivity contribution in [2.45, 2.75) is 6.54 Å². The van der Waals surface area contributed by atoms with Crippen LogP contribution in [0.1, 0.15) is 15.9 Å². The highest BCUT2D eigenvalue weighted by Gasteiger charge is 2.23. The van der Waals surface area contributed by atoms with Crippen molar-refractivity contribution in [3.63, 3.8) is 0 Å². The third-order valence-electron chi connectivity index (χ3n) is 5.40. The number of benzene rings is 3. The lowest BCUT2D eigenvalue weighted by molar-refractivity contribution is 0.102. The monoisotopic (exact) mass is 423 g/mol. The van der Waals surface area contributed by atoms with Crippen molar-refractivity contribution in [1.82, 2.24) is 9.21 Å². The van der Waals surface area contributed by atoms with Gasteiger partial charge in [-0.15, -0.1) is 0 Å². The fourth-order valence-electron chi connectivity index (χ4n) is 3.76. The second-order valence-electron chi connectivity index (χ2n) is 7.65. The standard InChI is InChI=1S/C23H25N3O3S/c1-30(28,29)26-13-11-25(12-14-26)17-18-5-4-8-21(15-18)23(27)24-22-10-9-19-6-2-3-7-20(19)16-22/h2-10,15-16H,11-14,17H2,1H3,(H,24,27). The van der Waals surface area contributed by atoms with Gasteiger partial charge in [0.05, 0.1) is 6.26 Å². The number of carbonyl (C=O) groups excluding carboxylic acids is 1. The average Bonchev–Trinajstić information content (AvgIpc) is 2.73. The van der Waals surface area contributed by atoms with Crippen molar-refractivity contribution in [1.29, 1.82) is 0 Å². The molecule has 1 aliphatic heterocycles. The van der Waals surface area contributed by atoms with Gasteiger partial charge in [0, 0.05) is 44.0 Å². The molecule has 0 spiro atoms. The van der Waals surface area contributed by atoms with E-state index in [2.05, 4.69) is 10.2 Å². The average molecular weight is 424 g/mol. The summed E-state index contributed by atoms with van der Waals surface area (Å²) in [6.45, 7) is 3.05. The molecule has 0 bridgehead atoms. The van der Waals surface area contributed by atoms with Gasteiger partial charge in [0.1, 0.15) is 0 Å². The molecule has 156 valence electrons. The van der Waals surface area contributed by atoms with Crippen molar-refractivity contribution < 1.29 is 13.2 Å². The van der Waals surface area contributed by atoms with Gasteiger partial charge in [0.15, 0.2) is 0 Å². The number of nitrogens with zero attached hydrogens (tertiary/aromatic N) is 2. The van der Waals surface area contributed by atoms with E-state index in [1.807, 2.05) is 66.7 Å². The van der Waals surface area contributed by atoms with E-state index in [1.165, 1.54) is 10.6 Å². The summed E-state index contributed by atoms with van der Waals surface area (Å²) >= 11 is 0. The van der Waals surface area contributed by atoms with Crippen LogP contribution in [0.5, 0.6) is 0 Å². The van der Waals surface area contributed by atoms with E-state index >= 15 is 0 Å². The predicted octanol–water partition coefficient (Wildman–Crippen LogP) is 3.17. The number of sulfonamides is 1. The molecule has 3 aromatic carbocycles. The first-order chi connectivity index (χ1) is 14.4. The lowest BCUT2D eigenvalue weighted by atomic mass is 10.1. The van der Waals surface area contributed by atoms with Gasteiger partial charge in [-0.25, -0.2) is 8.42 Å². The number of carbonyl (C=O) groups is 1. The van der Waals surface area contributed by atoms with Crippen LogP contribution >= 0.6 is 0 Å². The quantitative estimate of drug-likeness (QED) is 0.684. The Kier molecular flexibility index (Phi) is 5.85. The fourth-order valence-corrected chi connectivity index (χ4v) is 4.59. The Balaban J connectivity index is 1.40. The predicted molar refractivity (Wildman–Crippen MR) is 120 cm³/mol. The van der Waals surface area contributed by atoms with Crippen LogP contribution in [0.15, 0.2) is 66.7 Å². The van der Waals surface area contributed by atoms with Gasteiger partial charge in [0.25, 0.3) is 5.91 Å². The summed E-state index contributed by atoms with van der Waals surface area (Å²) in [4.78, 5) is 15.0. The summed E-state index contributed by atoms with van der Waals surface area (Å²) in [5.74, 6) is -0.144. The van der Waals surface area contributed by atoms with Crippen molar-refractivity contribution in [3.8, 4) is 0 Å². The molecule has 0 aromatic heterocycles. The molecule has 1 N–H and O–H groups in total. The molecule has 1 aliphatic rings. The Hall–Kier alpha value is -2.74. The molecular formula is C23H25N3O3S. The van der Waals surface area contributed by atoms with E-state index < -0.39 is 10.0 Å². The maximum Gasteiger partial charge on any atom is 0.255 e. The van der Waals surface area contributed by atoms with E-state index in [1.54, 1.807) is 0 Å². The molecule has 1 heterocycles. The first kappa shape index (κ1) is 20.5. The number of piperazine rings is 1. The van der Waals surface area contributed by atoms with Gasteiger partial charge in [-0.3, -0.25) is 9.69 Å². The van der Waals surface area contributed by atoms with Crippen LogP contribution in [0.3, 0.4) is 0 Å². The van der Waals surface area contributed by atoms with E-state index in [0.717, 1.165) is 22.0 Å². The molecule has 30 heavy (non-hydrogen) atoms. The van der Waals surface area contributed by atoms with Gasteiger partial charge in [-0.1, -0.05) is 42.5 Å². The molecule has 6 nitrogen and oxygen atoms in total. The van der Waals surface area contributed by atoms with Crippen molar-refractivity contribution in [2.24, 2.45) is 0 Å². The van der Waals surface area contributed by atoms with Crippen LogP contribution in [-0.2, 0) is 16.6 Å². The number of amides is 1. The number of anilines is 1. The normalized spacial score (nSPS) is 15.9. The minimum atomic E-state index is -3.13. The molecule has 1 saturated heterocycles. The molecule has 0 unspecified atom stereocenters. The molecule has 1 amide bonds. The lowest BCUT2D eigenvalue weighted by Crippen LogP contribution is -2.47. The van der Waals surface area contributed by atoms with Crippen molar-refractivity contribution >= 4 is 32.4 Å². The third kappa shape index (κ3) is 4.87. The summed E-state index contributed by atoms with van der Waals surface area (Å²) in [6.07, 6.45) is 1.25. The molecule has 0 aliphatic carbocycles. The largest absolute Gasteiger partial charge is 0.322 e. The Bertz CT molecular complexity index is 1170. The van der Waals surface area contributed by atoms with Gasteiger partial charge in [0.2, 0.25) is 10.0 Å². The zero-order chi connectivity index (χ0) is 21.1. The summed E-state index contributed by atoms with van der Waals surface area (Å²) in [5.41, 5.74) is 2.41. The molecule has 1 fully saturated rings. The van der Waals surface area contributed by atoms with E-state index in [4.69, 9.17) is 0 Å². The van der Waals surface area contributed by atoms with Gasteiger partial charge in [-0.05, 0) is 40.6 Å². The second-order valence-corrected chi connectivity index (χ2v) is 9.64. The van der Waals surface area contributed by atoms with Gasteiger partial charge < -0.3 is 5.32 Å². The minimum Gasteiger partial charge on any atom is -0.322 e. The fraction of sp³-hybridized carbons (Fsp3) is 0.261. The Morgan fingerprint density at radius 2 is 1.63 bits per heavy atom. The molecule has 0 radical (unpaired) electrons. The van der Waals surface area contributed by atoms with Crippen LogP contribution in [0.25, 0.3) is 10.8 Å². The number of hydrogen-bond acceptors (Lipinski definition) is 4. The van der Waals surface area contributed by atoms with Crippen LogP contribution in [0.2, 0.25) is 0 Å². The highest BCUT2D eigenvalue weighted by atomic mass is 32.2. The van der Waals surface area contributed by atoms with Crippen LogP contribution in [0, 0.1) is 0 Å². The smallest absolute Gasteiger partial charge is 0.255 e. The van der Waals surface area contributed by atoms with Crippen LogP contribution < -0.4 is 5.32 Å². The highest BCUT2D eigenvalue weighted by Crippen LogP contribution is 2.20. The van der Waals surface area contributed by atoms with Crippen molar-refractivity contribution in [2.75, 3.05) is 37.8 Å². The number of rotatable bonds is 5. The number of hydrogen-bond donors (Lipinski definition) is 1. The molecule has 0 atom stereocenters. The van der Waals surface area contributed by atoms with E-state index in [9.17, 15) is 13.2 Å². The third-order valence-corrected chi connectivity index (χ3v) is 6.71. The molecule has 3 aromatic rings. The van der Waals surface area contributed by atoms with Crippen molar-refractivity contribution in [3.05, 3.63) is 77.9 Å². The van der Waals surface area contributed by atoms with Gasteiger partial charge in [-0.2, -0.15) is 4.31 Å². The Morgan fingerprint density at radius 1 is 0.900 bits per heavy atom. The Labute approximate surface area is 177 Å². The summed E-state index contributed by atoms with van der Waals surface area (Å²) in [6, 6.07) is 21.5. The maximum atomic E-state index is 12.7. The molecule has 4 rings (SSSR count). The van der Waals surface area contributed by atoms with E-state index in [-0.39, 0.29) is 5.91 Å². The highest BCUT2D eigenvalue weighted by molar-refractivity contribution is 7.88. The van der Waals surface area contributed by atoms with Crippen LogP contribution in [0.4, 0.5) is 5.69 Å². The molecule has 0 saturated carbocycles. The van der Waals surface area contributed by atoms with Crippen LogP contribution in [-0.4, -0.2) is 56.0 Å². The SMILES string of the molecule is CS(=O)(=O)N1CCN(Cc2cccc(C(=O)Nc3ccc4ccccc4c3)c2)CC1. The molecular weight excluding hydrogens is 398 g/mol. The Morgan fingerprint density at radius 3 is 2.37 bits per heavy atom. The summed E-state index contributed by atoms with van der Waals surface area (Å²) < 4.78 is 24.8. The zero-order valence-electron chi connectivity index (χ0n) is 16.9. The minimum absolute atomic E-state index is 0.144. The number of nitrogens with one attached hydrogen (secondary N) is 1. The second kappa shape index (κ2) is 8.55. The first-order valence-corrected chi connectivity index (χ1v) is 11.8. The number of fused-ring (bicyclic) bond motifs is 1. The maximum absolute atomic E-state index is 12.7. The summed E-state index contributed by atoms with van der Waals surface area (Å²) in [5, 5.41) is 5.19. The molecule has 7 heteroatoms. The topological polar surface area (TPSA) is 69.7 Å². The van der Waals surface area contributed by atoms with Gasteiger partial charge >= 0.3 is 0 Å². The summed E-state index contributed by atoms with van der Waals surface area (Å²) in [7, 11) is -3.13. The van der Waals surface area contributed by atoms with E-state index in [0.29, 0.717) is 38.3 Å².